The molecule has 0 N–H and O–H groups in total. The topological polar surface area (TPSA) is 71.3 Å². The van der Waals surface area contributed by atoms with Gasteiger partial charge in [-0.25, -0.2) is 13.1 Å². The van der Waals surface area contributed by atoms with Gasteiger partial charge in [-0.3, -0.25) is 4.90 Å². The van der Waals surface area contributed by atoms with Crippen LogP contribution in [-0.2, 0) is 23.1 Å². The lowest BCUT2D eigenvalue weighted by molar-refractivity contribution is 0.217. The van der Waals surface area contributed by atoms with Crippen molar-refractivity contribution in [2.24, 2.45) is 0 Å². The van der Waals surface area contributed by atoms with Gasteiger partial charge in [0.1, 0.15) is 0 Å². The molecule has 1 aromatic carbocycles. The van der Waals surface area contributed by atoms with Crippen LogP contribution in [0.4, 0.5) is 0 Å². The van der Waals surface area contributed by atoms with E-state index in [9.17, 15) is 8.42 Å². The number of hydrogen-bond donors (Lipinski definition) is 0. The van der Waals surface area contributed by atoms with Crippen molar-refractivity contribution in [1.82, 2.24) is 24.2 Å². The van der Waals surface area contributed by atoms with Crippen LogP contribution in [0.1, 0.15) is 11.3 Å². The molecule has 2 fully saturated rings. The Morgan fingerprint density at radius 1 is 1.12 bits per heavy atom. The van der Waals surface area contributed by atoms with Gasteiger partial charge in [0.2, 0.25) is 10.0 Å². The second kappa shape index (κ2) is 7.67. The molecule has 1 unspecified atom stereocenters. The Bertz CT molecular complexity index is 834. The van der Waals surface area contributed by atoms with E-state index in [1.807, 2.05) is 48.3 Å². The van der Waals surface area contributed by atoms with Crippen LogP contribution in [0.2, 0.25) is 0 Å². The molecule has 0 radical (unpaired) electrons. The number of rotatable bonds is 5. The predicted molar refractivity (Wildman–Crippen MR) is 102 cm³/mol. The molecule has 2 aromatic rings. The first-order valence-corrected chi connectivity index (χ1v) is 11.6. The van der Waals surface area contributed by atoms with Gasteiger partial charge in [0.05, 0.1) is 30.7 Å². The smallest absolute Gasteiger partial charge is 0.216 e. The molecule has 0 aliphatic carbocycles. The highest BCUT2D eigenvalue weighted by Gasteiger charge is 2.39. The fourth-order valence-electron chi connectivity index (χ4n) is 3.52. The van der Waals surface area contributed by atoms with Gasteiger partial charge < -0.3 is 0 Å². The average Bonchev–Trinajstić information content (AvgIpc) is 3.21. The third-order valence-corrected chi connectivity index (χ3v) is 7.70. The Hall–Kier alpha value is -1.42. The highest BCUT2D eigenvalue weighted by molar-refractivity contribution is 7.99. The summed E-state index contributed by atoms with van der Waals surface area (Å²) in [6, 6.07) is 10.1. The minimum Gasteiger partial charge on any atom is -0.296 e. The lowest BCUT2D eigenvalue weighted by Crippen LogP contribution is -2.43. The normalized spacial score (nSPS) is 24.1. The van der Waals surface area contributed by atoms with Gasteiger partial charge in [-0.1, -0.05) is 35.5 Å². The van der Waals surface area contributed by atoms with Gasteiger partial charge in [-0.05, 0) is 5.56 Å². The maximum absolute atomic E-state index is 12.6. The second-order valence-corrected chi connectivity index (χ2v) is 10.0. The number of hydrogen-bond acceptors (Lipinski definition) is 6. The number of nitrogens with zero attached hydrogens (tertiary/aromatic N) is 5. The van der Waals surface area contributed by atoms with E-state index in [-0.39, 0.29) is 11.8 Å². The van der Waals surface area contributed by atoms with Gasteiger partial charge >= 0.3 is 0 Å². The van der Waals surface area contributed by atoms with Gasteiger partial charge in [-0.2, -0.15) is 16.1 Å². The number of sulfonamides is 1. The fourth-order valence-corrected chi connectivity index (χ4v) is 6.19. The van der Waals surface area contributed by atoms with Crippen LogP contribution in [0, 0.1) is 0 Å². The summed E-state index contributed by atoms with van der Waals surface area (Å²) in [7, 11) is -3.23. The van der Waals surface area contributed by atoms with E-state index in [0.29, 0.717) is 25.3 Å². The summed E-state index contributed by atoms with van der Waals surface area (Å²) in [5, 5.41) is 8.31. The average molecular weight is 394 g/mol. The number of thioether (sulfide) groups is 1. The molecule has 4 rings (SSSR count). The summed E-state index contributed by atoms with van der Waals surface area (Å²) in [6.45, 7) is 3.45. The third kappa shape index (κ3) is 4.11. The fraction of sp³-hybridized carbons (Fsp3) is 0.529. The highest BCUT2D eigenvalue weighted by atomic mass is 32.2. The molecule has 7 nitrogen and oxygen atoms in total. The van der Waals surface area contributed by atoms with Crippen LogP contribution in [0.25, 0.3) is 0 Å². The largest absolute Gasteiger partial charge is 0.296 e. The van der Waals surface area contributed by atoms with E-state index in [2.05, 4.69) is 15.2 Å². The molecule has 0 amide bonds. The molecular weight excluding hydrogens is 370 g/mol. The Labute approximate surface area is 158 Å². The number of benzene rings is 1. The third-order valence-electron chi connectivity index (χ3n) is 4.88. The summed E-state index contributed by atoms with van der Waals surface area (Å²) in [5.41, 5.74) is 1.83. The zero-order valence-electron chi connectivity index (χ0n) is 14.6. The lowest BCUT2D eigenvalue weighted by atomic mass is 10.2. The van der Waals surface area contributed by atoms with Crippen molar-refractivity contribution in [1.29, 1.82) is 0 Å². The van der Waals surface area contributed by atoms with E-state index in [1.165, 1.54) is 0 Å². The lowest BCUT2D eigenvalue weighted by Gasteiger charge is -2.30. The standard InChI is InChI=1S/C17H23N5O2S2/c23-26(24)14-17(20-6-8-25-9-7-20)13-22(26)12-16-11-21(19-18-16)10-15-4-2-1-3-5-15/h1-5,11,17H,6-10,12-14H2. The Balaban J connectivity index is 1.40. The van der Waals surface area contributed by atoms with E-state index in [4.69, 9.17) is 0 Å². The van der Waals surface area contributed by atoms with Crippen LogP contribution in [0.3, 0.4) is 0 Å². The van der Waals surface area contributed by atoms with Crippen LogP contribution < -0.4 is 0 Å². The summed E-state index contributed by atoms with van der Waals surface area (Å²) in [6.07, 6.45) is 1.84. The SMILES string of the molecule is O=S1(=O)CC(N2CCSCC2)CN1Cc1cn(Cc2ccccc2)nn1. The van der Waals surface area contributed by atoms with E-state index in [0.717, 1.165) is 30.2 Å². The predicted octanol–water partition coefficient (Wildman–Crippen LogP) is 0.889. The first-order chi connectivity index (χ1) is 12.6. The first kappa shape index (κ1) is 18.0. The van der Waals surface area contributed by atoms with Crippen molar-refractivity contribution in [2.75, 3.05) is 36.9 Å². The van der Waals surface area contributed by atoms with Crippen molar-refractivity contribution in [3.05, 3.63) is 47.8 Å². The van der Waals surface area contributed by atoms with Gasteiger partial charge in [0.15, 0.2) is 0 Å². The van der Waals surface area contributed by atoms with Crippen LogP contribution >= 0.6 is 11.8 Å². The molecule has 2 aliphatic rings. The molecule has 1 atom stereocenters. The molecule has 140 valence electrons. The molecule has 26 heavy (non-hydrogen) atoms. The maximum atomic E-state index is 12.6. The van der Waals surface area contributed by atoms with Crippen molar-refractivity contribution >= 4 is 21.8 Å². The molecule has 2 saturated heterocycles. The minimum absolute atomic E-state index is 0.0975. The summed E-state index contributed by atoms with van der Waals surface area (Å²) in [5.74, 6) is 2.39. The number of aromatic nitrogens is 3. The molecule has 0 bridgehead atoms. The van der Waals surface area contributed by atoms with Crippen molar-refractivity contribution < 1.29 is 8.42 Å². The van der Waals surface area contributed by atoms with Gasteiger partial charge in [-0.15, -0.1) is 5.10 Å². The van der Waals surface area contributed by atoms with Gasteiger partial charge in [0, 0.05) is 37.2 Å². The second-order valence-electron chi connectivity index (χ2n) is 6.77. The minimum atomic E-state index is -3.23. The highest BCUT2D eigenvalue weighted by Crippen LogP contribution is 2.23. The summed E-state index contributed by atoms with van der Waals surface area (Å²) in [4.78, 5) is 2.32. The zero-order valence-corrected chi connectivity index (χ0v) is 16.2. The zero-order chi connectivity index (χ0) is 18.0. The van der Waals surface area contributed by atoms with Crippen molar-refractivity contribution in [3.63, 3.8) is 0 Å². The van der Waals surface area contributed by atoms with Crippen molar-refractivity contribution in [2.45, 2.75) is 19.1 Å². The monoisotopic (exact) mass is 393 g/mol. The summed E-state index contributed by atoms with van der Waals surface area (Å²) < 4.78 is 28.4. The molecule has 0 spiro atoms. The molecule has 3 heterocycles. The first-order valence-electron chi connectivity index (χ1n) is 8.83. The molecule has 0 saturated carbocycles. The molecule has 1 aromatic heterocycles. The Morgan fingerprint density at radius 2 is 1.88 bits per heavy atom. The van der Waals surface area contributed by atoms with Crippen LogP contribution in [-0.4, -0.2) is 75.6 Å². The van der Waals surface area contributed by atoms with Crippen LogP contribution in [0.15, 0.2) is 36.5 Å². The molecule has 2 aliphatic heterocycles. The maximum Gasteiger partial charge on any atom is 0.216 e. The van der Waals surface area contributed by atoms with E-state index >= 15 is 0 Å². The van der Waals surface area contributed by atoms with E-state index < -0.39 is 10.0 Å². The quantitative estimate of drug-likeness (QED) is 0.751. The van der Waals surface area contributed by atoms with Crippen LogP contribution in [0.5, 0.6) is 0 Å². The van der Waals surface area contributed by atoms with E-state index in [1.54, 1.807) is 8.99 Å². The van der Waals surface area contributed by atoms with Crippen molar-refractivity contribution in [3.8, 4) is 0 Å². The molecular formula is C17H23N5O2S2. The Morgan fingerprint density at radius 3 is 2.65 bits per heavy atom. The molecule has 9 heteroatoms. The Kier molecular flexibility index (Phi) is 5.30. The summed E-state index contributed by atoms with van der Waals surface area (Å²) >= 11 is 1.94. The van der Waals surface area contributed by atoms with Gasteiger partial charge in [0.25, 0.3) is 0 Å².